The molecule has 0 bridgehead atoms. The van der Waals surface area contributed by atoms with Crippen LogP contribution in [0.25, 0.3) is 11.1 Å². The largest absolute Gasteiger partial charge is 0.486 e. The fourth-order valence-electron chi connectivity index (χ4n) is 4.26. The quantitative estimate of drug-likeness (QED) is 0.325. The first-order valence-electron chi connectivity index (χ1n) is 10.6. The Bertz CT molecular complexity index is 831. The molecule has 2 aromatic rings. The molecule has 162 valence electrons. The van der Waals surface area contributed by atoms with Crippen molar-refractivity contribution in [2.75, 3.05) is 6.61 Å². The lowest BCUT2D eigenvalue weighted by Gasteiger charge is -2.28. The van der Waals surface area contributed by atoms with Gasteiger partial charge in [-0.1, -0.05) is 50.1 Å². The van der Waals surface area contributed by atoms with E-state index in [2.05, 4.69) is 19.1 Å². The Morgan fingerprint density at radius 3 is 2.23 bits per heavy atom. The van der Waals surface area contributed by atoms with Crippen LogP contribution in [0.2, 0.25) is 0 Å². The van der Waals surface area contributed by atoms with Gasteiger partial charge in [0.1, 0.15) is 6.61 Å². The normalized spacial score (nSPS) is 19.9. The predicted molar refractivity (Wildman–Crippen MR) is 112 cm³/mol. The van der Waals surface area contributed by atoms with Crippen molar-refractivity contribution in [1.82, 2.24) is 0 Å². The summed E-state index contributed by atoms with van der Waals surface area (Å²) in [6.07, 6.45) is 4.15. The fraction of sp³-hybridized carbons (Fsp3) is 0.440. The molecule has 3 rings (SSSR count). The lowest BCUT2D eigenvalue weighted by molar-refractivity contribution is -0.0801. The average Bonchev–Trinajstić information content (AvgIpc) is 2.72. The van der Waals surface area contributed by atoms with Crippen LogP contribution in [0.1, 0.15) is 56.9 Å². The Morgan fingerprint density at radius 1 is 0.967 bits per heavy atom. The highest BCUT2D eigenvalue weighted by Crippen LogP contribution is 2.38. The van der Waals surface area contributed by atoms with Gasteiger partial charge in [-0.3, -0.25) is 0 Å². The first kappa shape index (κ1) is 22.4. The van der Waals surface area contributed by atoms with Gasteiger partial charge in [0.2, 0.25) is 0 Å². The molecule has 0 heterocycles. The highest BCUT2D eigenvalue weighted by atomic mass is 19.4. The van der Waals surface area contributed by atoms with Crippen molar-refractivity contribution in [2.45, 2.75) is 57.5 Å². The minimum absolute atomic E-state index is 0.0639. The van der Waals surface area contributed by atoms with Crippen LogP contribution in [-0.2, 0) is 0 Å². The smallest absolute Gasteiger partial charge is 0.409 e. The number of ether oxygens (including phenoxy) is 1. The second-order valence-corrected chi connectivity index (χ2v) is 8.03. The van der Waals surface area contributed by atoms with Gasteiger partial charge in [0, 0.05) is 6.08 Å². The van der Waals surface area contributed by atoms with Crippen LogP contribution in [0.4, 0.5) is 17.6 Å². The minimum Gasteiger partial charge on any atom is -0.486 e. The monoisotopic (exact) mass is 420 g/mol. The third-order valence-electron chi connectivity index (χ3n) is 5.83. The summed E-state index contributed by atoms with van der Waals surface area (Å²) in [6, 6.07) is 12.8. The van der Waals surface area contributed by atoms with Gasteiger partial charge >= 0.3 is 6.18 Å². The van der Waals surface area contributed by atoms with E-state index in [4.69, 9.17) is 4.74 Å². The molecule has 1 nitrogen and oxygen atoms in total. The van der Waals surface area contributed by atoms with E-state index in [1.54, 1.807) is 6.07 Å². The van der Waals surface area contributed by atoms with Gasteiger partial charge in [-0.2, -0.15) is 13.2 Å². The van der Waals surface area contributed by atoms with Gasteiger partial charge in [-0.25, -0.2) is 4.39 Å². The van der Waals surface area contributed by atoms with E-state index in [9.17, 15) is 17.6 Å². The number of hydrogen-bond acceptors (Lipinski definition) is 1. The minimum atomic E-state index is -4.40. The predicted octanol–water partition coefficient (Wildman–Crippen LogP) is 8.06. The Labute approximate surface area is 175 Å². The molecule has 0 unspecified atom stereocenters. The molecule has 0 amide bonds. The Morgan fingerprint density at radius 2 is 1.63 bits per heavy atom. The van der Waals surface area contributed by atoms with Crippen molar-refractivity contribution in [3.63, 3.8) is 0 Å². The lowest BCUT2D eigenvalue weighted by atomic mass is 9.77. The Kier molecular flexibility index (Phi) is 7.57. The van der Waals surface area contributed by atoms with Crippen molar-refractivity contribution < 1.29 is 22.3 Å². The Hall–Kier alpha value is -2.30. The molecule has 1 fully saturated rings. The summed E-state index contributed by atoms with van der Waals surface area (Å²) in [5, 5.41) is 0. The molecule has 0 saturated heterocycles. The summed E-state index contributed by atoms with van der Waals surface area (Å²) in [5.41, 5.74) is 2.95. The number of rotatable bonds is 7. The fourth-order valence-corrected chi connectivity index (χ4v) is 4.26. The highest BCUT2D eigenvalue weighted by Gasteiger charge is 2.22. The lowest BCUT2D eigenvalue weighted by Crippen LogP contribution is -2.13. The van der Waals surface area contributed by atoms with Gasteiger partial charge in [0.05, 0.1) is 0 Å². The van der Waals surface area contributed by atoms with Gasteiger partial charge in [-0.05, 0) is 72.4 Å². The molecule has 1 saturated carbocycles. The van der Waals surface area contributed by atoms with Gasteiger partial charge < -0.3 is 4.74 Å². The van der Waals surface area contributed by atoms with E-state index in [-0.39, 0.29) is 18.4 Å². The summed E-state index contributed by atoms with van der Waals surface area (Å²) in [7, 11) is 0. The molecule has 0 aliphatic heterocycles. The molecule has 5 heteroatoms. The number of benzene rings is 2. The molecule has 0 spiro atoms. The van der Waals surface area contributed by atoms with Gasteiger partial charge in [0.15, 0.2) is 11.6 Å². The van der Waals surface area contributed by atoms with Crippen LogP contribution in [0.3, 0.4) is 0 Å². The molecular formula is C25H28F4O. The van der Waals surface area contributed by atoms with E-state index < -0.39 is 12.0 Å². The van der Waals surface area contributed by atoms with Crippen LogP contribution < -0.4 is 4.74 Å². The first-order valence-corrected chi connectivity index (χ1v) is 10.6. The van der Waals surface area contributed by atoms with Gasteiger partial charge in [0.25, 0.3) is 0 Å². The molecule has 2 aromatic carbocycles. The van der Waals surface area contributed by atoms with Crippen LogP contribution in [0, 0.1) is 11.7 Å². The first-order chi connectivity index (χ1) is 14.4. The van der Waals surface area contributed by atoms with Crippen molar-refractivity contribution in [3.8, 4) is 16.9 Å². The summed E-state index contributed by atoms with van der Waals surface area (Å²) in [4.78, 5) is 0. The number of alkyl halides is 3. The molecule has 1 aliphatic rings. The molecule has 1 aliphatic carbocycles. The van der Waals surface area contributed by atoms with Crippen molar-refractivity contribution in [3.05, 3.63) is 66.0 Å². The molecule has 0 atom stereocenters. The molecule has 0 N–H and O–H groups in total. The highest BCUT2D eigenvalue weighted by molar-refractivity contribution is 5.64. The second-order valence-electron chi connectivity index (χ2n) is 8.03. The topological polar surface area (TPSA) is 9.23 Å². The molecule has 0 radical (unpaired) electrons. The van der Waals surface area contributed by atoms with Crippen LogP contribution in [0.15, 0.2) is 54.6 Å². The summed E-state index contributed by atoms with van der Waals surface area (Å²) < 4.78 is 55.6. The zero-order valence-electron chi connectivity index (χ0n) is 17.2. The number of hydrogen-bond donors (Lipinski definition) is 0. The van der Waals surface area contributed by atoms with E-state index in [0.717, 1.165) is 17.6 Å². The van der Waals surface area contributed by atoms with E-state index in [0.29, 0.717) is 11.5 Å². The standard InChI is InChI=1S/C25H28F4O/c1-2-4-18-5-7-19(8-6-18)20-9-11-21(12-10-20)22-13-14-24(23(26)17-22)30-16-3-15-25(27,28)29/h3,9-15,17-19H,2,4-8,16H2,1H3/b15-3+. The van der Waals surface area contributed by atoms with E-state index >= 15 is 0 Å². The molecular weight excluding hydrogens is 392 g/mol. The molecule has 0 aromatic heterocycles. The van der Waals surface area contributed by atoms with Crippen molar-refractivity contribution >= 4 is 0 Å². The van der Waals surface area contributed by atoms with Crippen molar-refractivity contribution in [2.24, 2.45) is 5.92 Å². The summed E-state index contributed by atoms with van der Waals surface area (Å²) in [5.74, 6) is 0.819. The number of halogens is 4. The summed E-state index contributed by atoms with van der Waals surface area (Å²) in [6.45, 7) is 1.91. The van der Waals surface area contributed by atoms with Crippen LogP contribution >= 0.6 is 0 Å². The van der Waals surface area contributed by atoms with Crippen molar-refractivity contribution in [1.29, 1.82) is 0 Å². The van der Waals surface area contributed by atoms with Gasteiger partial charge in [-0.15, -0.1) is 0 Å². The second kappa shape index (κ2) is 10.1. The average molecular weight is 420 g/mol. The third-order valence-corrected chi connectivity index (χ3v) is 5.83. The Balaban J connectivity index is 1.60. The van der Waals surface area contributed by atoms with E-state index in [1.165, 1.54) is 56.2 Å². The van der Waals surface area contributed by atoms with E-state index in [1.807, 2.05) is 12.1 Å². The zero-order chi connectivity index (χ0) is 21.6. The molecule has 30 heavy (non-hydrogen) atoms. The zero-order valence-corrected chi connectivity index (χ0v) is 17.2. The van der Waals surface area contributed by atoms with Crippen LogP contribution in [-0.4, -0.2) is 12.8 Å². The SMILES string of the molecule is CCCC1CCC(c2ccc(-c3ccc(OC/C=C/C(F)(F)F)c(F)c3)cc2)CC1. The third kappa shape index (κ3) is 6.35. The number of allylic oxidation sites excluding steroid dienone is 1. The maximum atomic E-state index is 14.3. The van der Waals surface area contributed by atoms with Crippen LogP contribution in [0.5, 0.6) is 5.75 Å². The maximum absolute atomic E-state index is 14.3. The summed E-state index contributed by atoms with van der Waals surface area (Å²) >= 11 is 0. The maximum Gasteiger partial charge on any atom is 0.409 e.